The van der Waals surface area contributed by atoms with Gasteiger partial charge in [0, 0.05) is 17.9 Å². The van der Waals surface area contributed by atoms with E-state index in [1.165, 1.54) is 23.0 Å². The van der Waals surface area contributed by atoms with E-state index >= 15 is 0 Å². The molecule has 2 N–H and O–H groups in total. The molecule has 1 aliphatic heterocycles. The smallest absolute Gasteiger partial charge is 0.153 e. The molecule has 1 unspecified atom stereocenters. The molecule has 0 fully saturated rings. The van der Waals surface area contributed by atoms with Crippen molar-refractivity contribution in [1.29, 1.82) is 0 Å². The van der Waals surface area contributed by atoms with Crippen molar-refractivity contribution >= 4 is 51.0 Å². The highest BCUT2D eigenvalue weighted by atomic mass is 32.2. The zero-order valence-electron chi connectivity index (χ0n) is 13.0. The van der Waals surface area contributed by atoms with Gasteiger partial charge in [-0.3, -0.25) is 0 Å². The van der Waals surface area contributed by atoms with Crippen molar-refractivity contribution in [2.45, 2.75) is 22.6 Å². The van der Waals surface area contributed by atoms with Gasteiger partial charge in [-0.05, 0) is 42.7 Å². The molecule has 2 aromatic carbocycles. The first kappa shape index (κ1) is 15.5. The average Bonchev–Trinajstić information content (AvgIpc) is 3.01. The van der Waals surface area contributed by atoms with Crippen molar-refractivity contribution in [3.63, 3.8) is 0 Å². The van der Waals surface area contributed by atoms with Gasteiger partial charge in [0.25, 0.3) is 0 Å². The largest absolute Gasteiger partial charge is 0.399 e. The second-order valence-corrected chi connectivity index (χ2v) is 8.17. The van der Waals surface area contributed by atoms with E-state index in [-0.39, 0.29) is 5.37 Å². The summed E-state index contributed by atoms with van der Waals surface area (Å²) in [6.07, 6.45) is 3.16. The maximum absolute atomic E-state index is 11.8. The topological polar surface area (TPSA) is 59.2 Å². The quantitative estimate of drug-likeness (QED) is 0.436. The molecular formula is C18H17N3OS2. The van der Waals surface area contributed by atoms with Crippen LogP contribution in [0.3, 0.4) is 0 Å². The number of carbonyl (C=O) groups excluding carboxylic acids is 1. The normalized spacial score (nSPS) is 15.2. The van der Waals surface area contributed by atoms with E-state index in [0.29, 0.717) is 0 Å². The number of nitrogens with zero attached hydrogens (tertiary/aromatic N) is 2. The Morgan fingerprint density at radius 3 is 3.04 bits per heavy atom. The molecule has 0 aliphatic carbocycles. The number of aromatic nitrogens is 1. The van der Waals surface area contributed by atoms with Crippen molar-refractivity contribution in [3.05, 3.63) is 48.0 Å². The van der Waals surface area contributed by atoms with Crippen LogP contribution in [0.2, 0.25) is 0 Å². The molecule has 1 aliphatic rings. The number of para-hydroxylation sites is 1. The number of hydrogen-bond donors (Lipinski definition) is 1. The van der Waals surface area contributed by atoms with Gasteiger partial charge in [0.05, 0.1) is 10.2 Å². The first-order chi connectivity index (χ1) is 11.7. The van der Waals surface area contributed by atoms with Gasteiger partial charge in [0.15, 0.2) is 10.6 Å². The van der Waals surface area contributed by atoms with Gasteiger partial charge in [0.2, 0.25) is 0 Å². The highest BCUT2D eigenvalue weighted by molar-refractivity contribution is 8.02. The van der Waals surface area contributed by atoms with E-state index in [9.17, 15) is 4.79 Å². The van der Waals surface area contributed by atoms with Crippen LogP contribution in [0.4, 0.5) is 11.4 Å². The number of carbonyl (C=O) groups is 1. The molecule has 0 radical (unpaired) electrons. The predicted octanol–water partition coefficient (Wildman–Crippen LogP) is 3.95. The number of fused-ring (bicyclic) bond motifs is 2. The molecule has 0 amide bonds. The molecule has 4 rings (SSSR count). The van der Waals surface area contributed by atoms with Crippen molar-refractivity contribution in [3.8, 4) is 0 Å². The van der Waals surface area contributed by atoms with Crippen molar-refractivity contribution in [2.24, 2.45) is 0 Å². The van der Waals surface area contributed by atoms with Gasteiger partial charge in [-0.1, -0.05) is 30.0 Å². The molecule has 0 bridgehead atoms. The summed E-state index contributed by atoms with van der Waals surface area (Å²) in [4.78, 5) is 18.6. The fourth-order valence-corrected chi connectivity index (χ4v) is 5.33. The van der Waals surface area contributed by atoms with Gasteiger partial charge in [0.1, 0.15) is 5.37 Å². The van der Waals surface area contributed by atoms with Gasteiger partial charge in [-0.25, -0.2) is 4.98 Å². The Kier molecular flexibility index (Phi) is 4.16. The van der Waals surface area contributed by atoms with Crippen LogP contribution < -0.4 is 10.6 Å². The number of benzene rings is 2. The Hall–Kier alpha value is -2.05. The van der Waals surface area contributed by atoms with Crippen LogP contribution in [0.15, 0.2) is 46.8 Å². The van der Waals surface area contributed by atoms with Crippen LogP contribution in [-0.2, 0) is 11.2 Å². The molecule has 0 spiro atoms. The second kappa shape index (κ2) is 6.45. The van der Waals surface area contributed by atoms with E-state index in [1.54, 1.807) is 11.3 Å². The maximum Gasteiger partial charge on any atom is 0.153 e. The zero-order valence-corrected chi connectivity index (χ0v) is 14.6. The second-order valence-electron chi connectivity index (χ2n) is 5.78. The van der Waals surface area contributed by atoms with Crippen LogP contribution in [0.5, 0.6) is 0 Å². The van der Waals surface area contributed by atoms with Crippen LogP contribution >= 0.6 is 23.1 Å². The average molecular weight is 355 g/mol. The van der Waals surface area contributed by atoms with E-state index in [1.807, 2.05) is 24.3 Å². The molecule has 2 heterocycles. The van der Waals surface area contributed by atoms with Crippen LogP contribution in [-0.4, -0.2) is 23.2 Å². The minimum absolute atomic E-state index is 0.260. The summed E-state index contributed by atoms with van der Waals surface area (Å²) in [6, 6.07) is 14.1. The Balaban J connectivity index is 1.63. The summed E-state index contributed by atoms with van der Waals surface area (Å²) >= 11 is 3.10. The molecule has 1 atom stereocenters. The highest BCUT2D eigenvalue weighted by Crippen LogP contribution is 2.37. The summed E-state index contributed by atoms with van der Waals surface area (Å²) in [5.41, 5.74) is 9.98. The molecule has 122 valence electrons. The van der Waals surface area contributed by atoms with E-state index in [2.05, 4.69) is 28.1 Å². The molecule has 6 heteroatoms. The van der Waals surface area contributed by atoms with Gasteiger partial charge < -0.3 is 15.4 Å². The Labute approximate surface area is 148 Å². The third-order valence-electron chi connectivity index (χ3n) is 4.18. The summed E-state index contributed by atoms with van der Waals surface area (Å²) in [5.74, 6) is 0. The summed E-state index contributed by atoms with van der Waals surface area (Å²) < 4.78 is 1.96. The lowest BCUT2D eigenvalue weighted by atomic mass is 10.0. The number of nitrogen functional groups attached to an aromatic ring is 1. The molecule has 3 aromatic rings. The van der Waals surface area contributed by atoms with Crippen molar-refractivity contribution in [1.82, 2.24) is 4.98 Å². The minimum Gasteiger partial charge on any atom is -0.399 e. The first-order valence-electron chi connectivity index (χ1n) is 7.87. The van der Waals surface area contributed by atoms with Gasteiger partial charge in [-0.2, -0.15) is 0 Å². The molecular weight excluding hydrogens is 338 g/mol. The predicted molar refractivity (Wildman–Crippen MR) is 102 cm³/mol. The lowest BCUT2D eigenvalue weighted by Crippen LogP contribution is -2.38. The third-order valence-corrected chi connectivity index (χ3v) is 6.44. The lowest BCUT2D eigenvalue weighted by Gasteiger charge is -2.34. The SMILES string of the molecule is Nc1ccc2nc(SC(C=O)N3CCCc4ccccc43)sc2c1. The molecule has 0 saturated heterocycles. The number of aldehydes is 1. The van der Waals surface area contributed by atoms with E-state index in [4.69, 9.17) is 5.73 Å². The summed E-state index contributed by atoms with van der Waals surface area (Å²) in [6.45, 7) is 0.894. The van der Waals surface area contributed by atoms with Gasteiger partial charge >= 0.3 is 0 Å². The van der Waals surface area contributed by atoms with E-state index in [0.717, 1.165) is 45.9 Å². The van der Waals surface area contributed by atoms with Crippen LogP contribution in [0.1, 0.15) is 12.0 Å². The van der Waals surface area contributed by atoms with Crippen LogP contribution in [0, 0.1) is 0 Å². The maximum atomic E-state index is 11.8. The van der Waals surface area contributed by atoms with E-state index < -0.39 is 0 Å². The number of nitrogens with two attached hydrogens (primary N) is 1. The molecule has 1 aromatic heterocycles. The lowest BCUT2D eigenvalue weighted by molar-refractivity contribution is -0.107. The van der Waals surface area contributed by atoms with Gasteiger partial charge in [-0.15, -0.1) is 11.3 Å². The minimum atomic E-state index is -0.260. The Morgan fingerprint density at radius 2 is 2.17 bits per heavy atom. The summed E-state index contributed by atoms with van der Waals surface area (Å²) in [5, 5.41) is -0.260. The molecule has 4 nitrogen and oxygen atoms in total. The fourth-order valence-electron chi connectivity index (χ4n) is 3.07. The number of thioether (sulfide) groups is 1. The molecule has 24 heavy (non-hydrogen) atoms. The highest BCUT2D eigenvalue weighted by Gasteiger charge is 2.25. The standard InChI is InChI=1S/C18H17N3OS2/c19-13-7-8-14-16(10-13)23-18(20-14)24-17(11-22)21-9-3-5-12-4-1-2-6-15(12)21/h1-2,4,6-8,10-11,17H,3,5,9,19H2. The zero-order chi connectivity index (χ0) is 16.5. The third kappa shape index (κ3) is 2.87. The number of rotatable bonds is 4. The Morgan fingerprint density at radius 1 is 1.29 bits per heavy atom. The van der Waals surface area contributed by atoms with Crippen LogP contribution in [0.25, 0.3) is 10.2 Å². The Bertz CT molecular complexity index is 893. The number of aryl methyl sites for hydroxylation is 1. The fraction of sp³-hybridized carbons (Fsp3) is 0.222. The summed E-state index contributed by atoms with van der Waals surface area (Å²) in [7, 11) is 0. The monoisotopic (exact) mass is 355 g/mol. The first-order valence-corrected chi connectivity index (χ1v) is 9.57. The van der Waals surface area contributed by atoms with Crippen molar-refractivity contribution in [2.75, 3.05) is 17.2 Å². The number of hydrogen-bond acceptors (Lipinski definition) is 6. The molecule has 0 saturated carbocycles. The number of anilines is 2. The number of thiazole rings is 1. The van der Waals surface area contributed by atoms with Crippen molar-refractivity contribution < 1.29 is 4.79 Å².